The number of carbonyl (C=O) groups is 2. The third-order valence-electron chi connectivity index (χ3n) is 5.32. The molecule has 0 atom stereocenters. The number of amides is 2. The van der Waals surface area contributed by atoms with Gasteiger partial charge in [-0.25, -0.2) is 4.98 Å². The van der Waals surface area contributed by atoms with Crippen molar-refractivity contribution in [2.24, 2.45) is 12.8 Å². The fourth-order valence-corrected chi connectivity index (χ4v) is 3.84. The van der Waals surface area contributed by atoms with E-state index in [9.17, 15) is 22.8 Å². The van der Waals surface area contributed by atoms with Gasteiger partial charge < -0.3 is 20.9 Å². The Bertz CT molecular complexity index is 1310. The summed E-state index contributed by atoms with van der Waals surface area (Å²) in [6.45, 7) is 6.47. The highest BCUT2D eigenvalue weighted by Crippen LogP contribution is 2.36. The van der Waals surface area contributed by atoms with Crippen molar-refractivity contribution in [2.75, 3.05) is 18.4 Å². The van der Waals surface area contributed by atoms with Crippen LogP contribution in [-0.4, -0.2) is 44.2 Å². The zero-order valence-corrected chi connectivity index (χ0v) is 21.1. The molecular formula is C24H27ClF3N7O2. The Morgan fingerprint density at radius 1 is 1.22 bits per heavy atom. The molecule has 1 aromatic carbocycles. The zero-order valence-electron chi connectivity index (χ0n) is 20.3. The molecule has 0 saturated heterocycles. The number of nitrogens with two attached hydrogens (primary N) is 1. The summed E-state index contributed by atoms with van der Waals surface area (Å²) in [6.07, 6.45) is -0.772. The molecule has 0 spiro atoms. The first-order valence-corrected chi connectivity index (χ1v) is 11.7. The Hall–Kier alpha value is -3.64. The van der Waals surface area contributed by atoms with Crippen LogP contribution in [0.2, 0.25) is 5.02 Å². The van der Waals surface area contributed by atoms with Gasteiger partial charge in [0.15, 0.2) is 11.5 Å². The fourth-order valence-electron chi connectivity index (χ4n) is 3.58. The lowest BCUT2D eigenvalue weighted by molar-refractivity contribution is -0.141. The van der Waals surface area contributed by atoms with Crippen LogP contribution in [0.1, 0.15) is 46.4 Å². The van der Waals surface area contributed by atoms with Gasteiger partial charge in [-0.15, -0.1) is 0 Å². The predicted molar refractivity (Wildman–Crippen MR) is 134 cm³/mol. The molecule has 9 nitrogen and oxygen atoms in total. The number of nitrogens with one attached hydrogen (secondary N) is 2. The summed E-state index contributed by atoms with van der Waals surface area (Å²) in [5.41, 5.74) is 5.33. The van der Waals surface area contributed by atoms with Crippen LogP contribution in [0, 0.1) is 0 Å². The van der Waals surface area contributed by atoms with Crippen LogP contribution in [0.5, 0.6) is 0 Å². The summed E-state index contributed by atoms with van der Waals surface area (Å²) in [5.74, 6) is -1.17. The second kappa shape index (κ2) is 11.6. The second-order valence-corrected chi connectivity index (χ2v) is 8.88. The van der Waals surface area contributed by atoms with Crippen molar-refractivity contribution in [3.8, 4) is 11.3 Å². The highest BCUT2D eigenvalue weighted by molar-refractivity contribution is 6.34. The third-order valence-corrected chi connectivity index (χ3v) is 5.63. The highest BCUT2D eigenvalue weighted by atomic mass is 35.5. The summed E-state index contributed by atoms with van der Waals surface area (Å²) >= 11 is 6.23. The van der Waals surface area contributed by atoms with Crippen LogP contribution in [0.15, 0.2) is 42.7 Å². The molecule has 0 aliphatic carbocycles. The minimum atomic E-state index is -4.71. The number of rotatable bonds is 10. The number of alkyl halides is 3. The van der Waals surface area contributed by atoms with Crippen LogP contribution in [0.4, 0.5) is 18.9 Å². The number of benzene rings is 1. The summed E-state index contributed by atoms with van der Waals surface area (Å²) < 4.78 is 43.3. The standard InChI is InChI=1S/C24H27ClF3N7O2/c1-14(2)12-35-13-17(20(33-35)24(26,27)28)19-11-31-21(34(19)3)23(37)32-15-6-7-16(18(25)10-15)22(36)30-9-5-4-8-29/h6-7,10-11,13H,1,4-5,8-9,12,29H2,2-3H3,(H,30,36)(H,32,37). The molecule has 2 aromatic heterocycles. The van der Waals surface area contributed by atoms with Gasteiger partial charge >= 0.3 is 6.18 Å². The summed E-state index contributed by atoms with van der Waals surface area (Å²) in [5, 5.41) is 9.12. The molecule has 2 amide bonds. The Balaban J connectivity index is 1.80. The van der Waals surface area contributed by atoms with E-state index in [4.69, 9.17) is 17.3 Å². The lowest BCUT2D eigenvalue weighted by atomic mass is 10.2. The van der Waals surface area contributed by atoms with Gasteiger partial charge in [0, 0.05) is 25.5 Å². The van der Waals surface area contributed by atoms with E-state index in [0.717, 1.165) is 17.5 Å². The van der Waals surface area contributed by atoms with Crippen LogP contribution in [0.3, 0.4) is 0 Å². The van der Waals surface area contributed by atoms with E-state index in [0.29, 0.717) is 18.7 Å². The first-order chi connectivity index (χ1) is 17.4. The Kier molecular flexibility index (Phi) is 8.77. The van der Waals surface area contributed by atoms with E-state index in [-0.39, 0.29) is 45.8 Å². The molecule has 0 aliphatic heterocycles. The molecule has 0 radical (unpaired) electrons. The van der Waals surface area contributed by atoms with Crippen molar-refractivity contribution in [3.05, 3.63) is 64.8 Å². The summed E-state index contributed by atoms with van der Waals surface area (Å²) in [6, 6.07) is 4.36. The monoisotopic (exact) mass is 537 g/mol. The van der Waals surface area contributed by atoms with Crippen molar-refractivity contribution in [3.63, 3.8) is 0 Å². The van der Waals surface area contributed by atoms with Gasteiger partial charge in [-0.05, 0) is 44.5 Å². The average molecular weight is 538 g/mol. The molecule has 3 aromatic rings. The van der Waals surface area contributed by atoms with E-state index in [2.05, 4.69) is 27.3 Å². The number of halogens is 4. The second-order valence-electron chi connectivity index (χ2n) is 8.47. The summed E-state index contributed by atoms with van der Waals surface area (Å²) in [7, 11) is 1.43. The van der Waals surface area contributed by atoms with E-state index < -0.39 is 17.8 Å². The number of nitrogens with zero attached hydrogens (tertiary/aromatic N) is 4. The van der Waals surface area contributed by atoms with Gasteiger partial charge in [0.1, 0.15) is 0 Å². The topological polar surface area (TPSA) is 120 Å². The molecule has 0 bridgehead atoms. The van der Waals surface area contributed by atoms with Crippen molar-refractivity contribution in [2.45, 2.75) is 32.5 Å². The van der Waals surface area contributed by atoms with Crippen molar-refractivity contribution in [1.29, 1.82) is 0 Å². The lowest BCUT2D eigenvalue weighted by Crippen LogP contribution is -2.25. The maximum Gasteiger partial charge on any atom is 0.435 e. The van der Waals surface area contributed by atoms with E-state index in [1.54, 1.807) is 6.92 Å². The number of hydrogen-bond donors (Lipinski definition) is 3. The van der Waals surface area contributed by atoms with Crippen LogP contribution >= 0.6 is 11.6 Å². The van der Waals surface area contributed by atoms with Gasteiger partial charge in [0.05, 0.1) is 34.6 Å². The maximum atomic E-state index is 13.6. The first kappa shape index (κ1) is 27.9. The number of carbonyl (C=O) groups excluding carboxylic acids is 2. The van der Waals surface area contributed by atoms with Crippen LogP contribution in [-0.2, 0) is 19.8 Å². The Labute approximate surface area is 216 Å². The molecule has 4 N–H and O–H groups in total. The number of imidazole rings is 1. The molecule has 37 heavy (non-hydrogen) atoms. The molecule has 0 fully saturated rings. The number of aromatic nitrogens is 4. The van der Waals surface area contributed by atoms with Gasteiger partial charge in [-0.1, -0.05) is 23.8 Å². The molecule has 13 heteroatoms. The van der Waals surface area contributed by atoms with E-state index in [1.807, 2.05) is 0 Å². The molecule has 0 unspecified atom stereocenters. The minimum Gasteiger partial charge on any atom is -0.352 e. The largest absolute Gasteiger partial charge is 0.435 e. The smallest absolute Gasteiger partial charge is 0.352 e. The van der Waals surface area contributed by atoms with Gasteiger partial charge in [-0.3, -0.25) is 14.3 Å². The lowest BCUT2D eigenvalue weighted by Gasteiger charge is -2.10. The summed E-state index contributed by atoms with van der Waals surface area (Å²) in [4.78, 5) is 29.2. The van der Waals surface area contributed by atoms with Crippen molar-refractivity contribution in [1.82, 2.24) is 24.6 Å². The van der Waals surface area contributed by atoms with Crippen molar-refractivity contribution >= 4 is 29.1 Å². The SMILES string of the molecule is C=C(C)Cn1cc(-c2cnc(C(=O)Nc3ccc(C(=O)NCCCCN)c(Cl)c3)n2C)c(C(F)(F)F)n1. The third kappa shape index (κ3) is 6.77. The van der Waals surface area contributed by atoms with Gasteiger partial charge in [-0.2, -0.15) is 18.3 Å². The van der Waals surface area contributed by atoms with Gasteiger partial charge in [0.2, 0.25) is 0 Å². The quantitative estimate of drug-likeness (QED) is 0.264. The average Bonchev–Trinajstić information content (AvgIpc) is 3.39. The first-order valence-electron chi connectivity index (χ1n) is 11.3. The molecular weight excluding hydrogens is 511 g/mol. The molecule has 2 heterocycles. The minimum absolute atomic E-state index is 0.0603. The number of unbranched alkanes of at least 4 members (excludes halogenated alkanes) is 1. The normalized spacial score (nSPS) is 11.4. The number of hydrogen-bond acceptors (Lipinski definition) is 5. The van der Waals surface area contributed by atoms with E-state index in [1.165, 1.54) is 42.2 Å². The Morgan fingerprint density at radius 3 is 2.57 bits per heavy atom. The van der Waals surface area contributed by atoms with Crippen molar-refractivity contribution < 1.29 is 22.8 Å². The molecule has 0 aliphatic rings. The van der Waals surface area contributed by atoms with Gasteiger partial charge in [0.25, 0.3) is 11.8 Å². The molecule has 0 saturated carbocycles. The highest BCUT2D eigenvalue weighted by Gasteiger charge is 2.38. The molecule has 3 rings (SSSR count). The zero-order chi connectivity index (χ0) is 27.3. The fraction of sp³-hybridized carbons (Fsp3) is 0.333. The maximum absolute atomic E-state index is 13.6. The number of allylic oxidation sites excluding steroid dienone is 1. The molecule has 198 valence electrons. The van der Waals surface area contributed by atoms with Crippen LogP contribution in [0.25, 0.3) is 11.3 Å². The predicted octanol–water partition coefficient (Wildman–Crippen LogP) is 4.25. The Morgan fingerprint density at radius 2 is 1.95 bits per heavy atom. The van der Waals surface area contributed by atoms with Crippen LogP contribution < -0.4 is 16.4 Å². The number of anilines is 1. The van der Waals surface area contributed by atoms with E-state index >= 15 is 0 Å².